The summed E-state index contributed by atoms with van der Waals surface area (Å²) >= 11 is 3.52. The van der Waals surface area contributed by atoms with E-state index in [1.807, 2.05) is 13.1 Å². The average molecular weight is 280 g/mol. The van der Waals surface area contributed by atoms with Crippen molar-refractivity contribution in [2.45, 2.75) is 20.4 Å². The van der Waals surface area contributed by atoms with Gasteiger partial charge in [0.15, 0.2) is 0 Å². The molecule has 0 aliphatic rings. The molecule has 0 saturated carbocycles. The predicted molar refractivity (Wildman–Crippen MR) is 69.5 cm³/mol. The average Bonchev–Trinajstić information content (AvgIpc) is 2.66. The van der Waals surface area contributed by atoms with Gasteiger partial charge in [0.05, 0.1) is 18.4 Å². The zero-order valence-electron chi connectivity index (χ0n) is 9.34. The number of hydrogen-bond acceptors (Lipinski definition) is 2. The van der Waals surface area contributed by atoms with Crippen LogP contribution in [0.2, 0.25) is 0 Å². The third kappa shape index (κ3) is 2.64. The van der Waals surface area contributed by atoms with Crippen molar-refractivity contribution in [1.29, 1.82) is 0 Å². The summed E-state index contributed by atoms with van der Waals surface area (Å²) in [5.41, 5.74) is 3.43. The predicted octanol–water partition coefficient (Wildman–Crippen LogP) is 3.40. The Morgan fingerprint density at radius 1 is 1.38 bits per heavy atom. The zero-order valence-corrected chi connectivity index (χ0v) is 10.9. The number of anilines is 1. The second kappa shape index (κ2) is 4.70. The molecule has 2 aromatic rings. The van der Waals surface area contributed by atoms with Crippen molar-refractivity contribution in [3.05, 3.63) is 46.0 Å². The molecule has 0 unspecified atom stereocenters. The van der Waals surface area contributed by atoms with E-state index in [1.165, 1.54) is 5.56 Å². The topological polar surface area (TPSA) is 40.7 Å². The first-order chi connectivity index (χ1) is 7.65. The molecule has 0 aliphatic heterocycles. The highest BCUT2D eigenvalue weighted by Gasteiger charge is 2.01. The van der Waals surface area contributed by atoms with Crippen LogP contribution in [0.5, 0.6) is 0 Å². The number of hydrogen-bond donors (Lipinski definition) is 2. The Bertz CT molecular complexity index is 491. The van der Waals surface area contributed by atoms with E-state index in [0.29, 0.717) is 0 Å². The minimum absolute atomic E-state index is 0.753. The third-order valence-corrected chi connectivity index (χ3v) is 3.04. The molecule has 0 amide bonds. The zero-order chi connectivity index (χ0) is 11.5. The van der Waals surface area contributed by atoms with E-state index in [2.05, 4.69) is 56.3 Å². The van der Waals surface area contributed by atoms with E-state index in [4.69, 9.17) is 0 Å². The van der Waals surface area contributed by atoms with Gasteiger partial charge in [-0.15, -0.1) is 0 Å². The number of aromatic amines is 1. The maximum atomic E-state index is 4.16. The highest BCUT2D eigenvalue weighted by molar-refractivity contribution is 9.10. The van der Waals surface area contributed by atoms with Crippen LogP contribution in [0.3, 0.4) is 0 Å². The SMILES string of the molecule is Cc1ccc(Br)c(NCc2cnc(C)[nH]2)c1. The summed E-state index contributed by atoms with van der Waals surface area (Å²) < 4.78 is 1.08. The largest absolute Gasteiger partial charge is 0.378 e. The Labute approximate surface area is 103 Å². The maximum Gasteiger partial charge on any atom is 0.103 e. The molecule has 0 radical (unpaired) electrons. The van der Waals surface area contributed by atoms with Crippen LogP contribution in [0, 0.1) is 13.8 Å². The van der Waals surface area contributed by atoms with Crippen LogP contribution in [0.15, 0.2) is 28.9 Å². The van der Waals surface area contributed by atoms with Gasteiger partial charge in [-0.2, -0.15) is 0 Å². The summed E-state index contributed by atoms with van der Waals surface area (Å²) in [4.78, 5) is 7.35. The molecule has 0 bridgehead atoms. The van der Waals surface area contributed by atoms with Crippen LogP contribution in [0.4, 0.5) is 5.69 Å². The van der Waals surface area contributed by atoms with Crippen molar-refractivity contribution >= 4 is 21.6 Å². The van der Waals surface area contributed by atoms with E-state index in [-0.39, 0.29) is 0 Å². The van der Waals surface area contributed by atoms with Gasteiger partial charge < -0.3 is 10.3 Å². The molecule has 0 spiro atoms. The lowest BCUT2D eigenvalue weighted by Crippen LogP contribution is -2.00. The molecular weight excluding hydrogens is 266 g/mol. The lowest BCUT2D eigenvalue weighted by atomic mass is 10.2. The minimum atomic E-state index is 0.753. The quantitative estimate of drug-likeness (QED) is 0.904. The number of imidazole rings is 1. The summed E-state index contributed by atoms with van der Waals surface area (Å²) in [7, 11) is 0. The molecule has 84 valence electrons. The molecule has 2 rings (SSSR count). The van der Waals surface area contributed by atoms with Gasteiger partial charge in [0.1, 0.15) is 5.82 Å². The molecule has 1 aromatic carbocycles. The van der Waals surface area contributed by atoms with Crippen molar-refractivity contribution in [2.75, 3.05) is 5.32 Å². The number of benzene rings is 1. The molecule has 1 aromatic heterocycles. The second-order valence-electron chi connectivity index (χ2n) is 3.83. The van der Waals surface area contributed by atoms with Crippen molar-refractivity contribution in [3.8, 4) is 0 Å². The van der Waals surface area contributed by atoms with Gasteiger partial charge >= 0.3 is 0 Å². The monoisotopic (exact) mass is 279 g/mol. The molecule has 0 aliphatic carbocycles. The van der Waals surface area contributed by atoms with Crippen molar-refractivity contribution in [2.24, 2.45) is 0 Å². The number of aromatic nitrogens is 2. The van der Waals surface area contributed by atoms with Crippen LogP contribution in [-0.2, 0) is 6.54 Å². The number of nitrogens with zero attached hydrogens (tertiary/aromatic N) is 1. The number of aryl methyl sites for hydroxylation is 2. The number of halogens is 1. The Morgan fingerprint density at radius 2 is 2.19 bits per heavy atom. The maximum absolute atomic E-state index is 4.16. The molecule has 0 saturated heterocycles. The van der Waals surface area contributed by atoms with Gasteiger partial charge in [0.2, 0.25) is 0 Å². The fraction of sp³-hybridized carbons (Fsp3) is 0.250. The fourth-order valence-corrected chi connectivity index (χ4v) is 1.91. The van der Waals surface area contributed by atoms with Gasteiger partial charge in [0, 0.05) is 10.2 Å². The smallest absolute Gasteiger partial charge is 0.103 e. The van der Waals surface area contributed by atoms with Gasteiger partial charge in [-0.25, -0.2) is 4.98 Å². The van der Waals surface area contributed by atoms with E-state index in [1.54, 1.807) is 0 Å². The molecule has 4 heteroatoms. The lowest BCUT2D eigenvalue weighted by Gasteiger charge is -2.08. The molecule has 2 N–H and O–H groups in total. The van der Waals surface area contributed by atoms with Crippen LogP contribution in [-0.4, -0.2) is 9.97 Å². The first-order valence-corrected chi connectivity index (χ1v) is 5.95. The molecule has 16 heavy (non-hydrogen) atoms. The molecule has 0 fully saturated rings. The van der Waals surface area contributed by atoms with Crippen molar-refractivity contribution in [1.82, 2.24) is 9.97 Å². The Balaban J connectivity index is 2.07. The van der Waals surface area contributed by atoms with E-state index >= 15 is 0 Å². The van der Waals surface area contributed by atoms with Crippen LogP contribution in [0.1, 0.15) is 17.1 Å². The normalized spacial score (nSPS) is 10.4. The number of H-pyrrole nitrogens is 1. The highest BCUT2D eigenvalue weighted by Crippen LogP contribution is 2.23. The summed E-state index contributed by atoms with van der Waals surface area (Å²) in [6.45, 7) is 4.78. The van der Waals surface area contributed by atoms with E-state index in [0.717, 1.165) is 28.2 Å². The van der Waals surface area contributed by atoms with Gasteiger partial charge in [-0.05, 0) is 47.5 Å². The number of rotatable bonds is 3. The standard InChI is InChI=1S/C12H14BrN3/c1-8-3-4-11(13)12(5-8)15-7-10-6-14-9(2)16-10/h3-6,15H,7H2,1-2H3,(H,14,16). The van der Waals surface area contributed by atoms with Crippen molar-refractivity contribution in [3.63, 3.8) is 0 Å². The molecular formula is C12H14BrN3. The van der Waals surface area contributed by atoms with Gasteiger partial charge in [-0.1, -0.05) is 6.07 Å². The lowest BCUT2D eigenvalue weighted by molar-refractivity contribution is 1.05. The van der Waals surface area contributed by atoms with Crippen molar-refractivity contribution < 1.29 is 0 Å². The Hall–Kier alpha value is -1.29. The number of nitrogens with one attached hydrogen (secondary N) is 2. The summed E-state index contributed by atoms with van der Waals surface area (Å²) in [5.74, 6) is 0.945. The van der Waals surface area contributed by atoms with Gasteiger partial charge in [0.25, 0.3) is 0 Å². The van der Waals surface area contributed by atoms with Crippen LogP contribution < -0.4 is 5.32 Å². The Kier molecular flexibility index (Phi) is 3.29. The first-order valence-electron chi connectivity index (χ1n) is 5.15. The molecule has 0 atom stereocenters. The minimum Gasteiger partial charge on any atom is -0.378 e. The molecule has 3 nitrogen and oxygen atoms in total. The highest BCUT2D eigenvalue weighted by atomic mass is 79.9. The summed E-state index contributed by atoms with van der Waals surface area (Å²) in [5, 5.41) is 3.37. The first kappa shape index (κ1) is 11.2. The van der Waals surface area contributed by atoms with Crippen LogP contribution in [0.25, 0.3) is 0 Å². The van der Waals surface area contributed by atoms with E-state index in [9.17, 15) is 0 Å². The van der Waals surface area contributed by atoms with Crippen LogP contribution >= 0.6 is 15.9 Å². The van der Waals surface area contributed by atoms with Gasteiger partial charge in [-0.3, -0.25) is 0 Å². The second-order valence-corrected chi connectivity index (χ2v) is 4.69. The summed E-state index contributed by atoms with van der Waals surface area (Å²) in [6.07, 6.45) is 1.85. The fourth-order valence-electron chi connectivity index (χ4n) is 1.53. The summed E-state index contributed by atoms with van der Waals surface area (Å²) in [6, 6.07) is 6.25. The van der Waals surface area contributed by atoms with E-state index < -0.39 is 0 Å². The third-order valence-electron chi connectivity index (χ3n) is 2.35. The molecule has 1 heterocycles. The Morgan fingerprint density at radius 3 is 2.88 bits per heavy atom.